The molecule has 3 rings (SSSR count). The van der Waals surface area contributed by atoms with E-state index < -0.39 is 11.8 Å². The molecule has 1 fully saturated rings. The van der Waals surface area contributed by atoms with Crippen LogP contribution in [-0.4, -0.2) is 23.2 Å². The highest BCUT2D eigenvalue weighted by Crippen LogP contribution is 2.44. The number of pyridine rings is 1. The summed E-state index contributed by atoms with van der Waals surface area (Å²) in [5.74, 6) is -1.06. The number of carbonyl (C=O) groups excluding carboxylic acids is 1. The fraction of sp³-hybridized carbons (Fsp3) is 0.286. The van der Waals surface area contributed by atoms with Gasteiger partial charge in [-0.2, -0.15) is 0 Å². The third-order valence-electron chi connectivity index (χ3n) is 3.30. The average Bonchev–Trinajstić information content (AvgIpc) is 3.21. The molecule has 4 nitrogen and oxygen atoms in total. The summed E-state index contributed by atoms with van der Waals surface area (Å²) in [6.07, 6.45) is 1.99. The van der Waals surface area contributed by atoms with Gasteiger partial charge in [0.1, 0.15) is 17.0 Å². The van der Waals surface area contributed by atoms with Gasteiger partial charge in [-0.15, -0.1) is 0 Å². The zero-order valence-electron chi connectivity index (χ0n) is 10.3. The molecule has 1 aliphatic rings. The zero-order chi connectivity index (χ0) is 13.6. The summed E-state index contributed by atoms with van der Waals surface area (Å²) in [4.78, 5) is 15.6. The highest BCUT2D eigenvalue weighted by atomic mass is 19.1. The quantitative estimate of drug-likeness (QED) is 0.844. The molecule has 0 spiro atoms. The number of hydrogen-bond acceptors (Lipinski definition) is 4. The van der Waals surface area contributed by atoms with Gasteiger partial charge in [-0.05, 0) is 36.5 Å². The van der Waals surface area contributed by atoms with Gasteiger partial charge in [-0.1, -0.05) is 0 Å². The van der Waals surface area contributed by atoms with Crippen molar-refractivity contribution < 1.29 is 19.0 Å². The van der Waals surface area contributed by atoms with E-state index in [1.807, 2.05) is 0 Å². The van der Waals surface area contributed by atoms with Gasteiger partial charge >= 0.3 is 5.97 Å². The van der Waals surface area contributed by atoms with E-state index in [0.29, 0.717) is 11.3 Å². The number of nitrogens with zero attached hydrogens (tertiary/aromatic N) is 1. The number of benzene rings is 1. The van der Waals surface area contributed by atoms with E-state index in [-0.39, 0.29) is 17.0 Å². The molecule has 0 aliphatic heterocycles. The second kappa shape index (κ2) is 4.19. The molecule has 1 aromatic carbocycles. The molecule has 2 aromatic rings. The average molecular weight is 261 g/mol. The Bertz CT molecular complexity index is 680. The molecule has 0 atom stereocenters. The van der Waals surface area contributed by atoms with Crippen LogP contribution in [0.3, 0.4) is 0 Å². The summed E-state index contributed by atoms with van der Waals surface area (Å²) in [6, 6.07) is 4.11. The number of fused-ring (bicyclic) bond motifs is 1. The summed E-state index contributed by atoms with van der Waals surface area (Å²) in [6.45, 7) is 0. The van der Waals surface area contributed by atoms with Gasteiger partial charge in [-0.25, -0.2) is 14.2 Å². The van der Waals surface area contributed by atoms with E-state index in [1.54, 1.807) is 6.07 Å². The van der Waals surface area contributed by atoms with Crippen LogP contribution in [0.4, 0.5) is 4.39 Å². The van der Waals surface area contributed by atoms with Crippen molar-refractivity contribution in [3.05, 3.63) is 35.3 Å². The van der Waals surface area contributed by atoms with Crippen LogP contribution in [0.25, 0.3) is 10.9 Å². The van der Waals surface area contributed by atoms with Crippen molar-refractivity contribution in [2.24, 2.45) is 0 Å². The Morgan fingerprint density at radius 1 is 1.42 bits per heavy atom. The summed E-state index contributed by atoms with van der Waals surface area (Å²) >= 11 is 0. The Hall–Kier alpha value is -2.17. The number of methoxy groups -OCH3 is 1. The minimum atomic E-state index is -0.636. The third kappa shape index (κ3) is 2.01. The molecule has 0 radical (unpaired) electrons. The van der Waals surface area contributed by atoms with Crippen LogP contribution < -0.4 is 0 Å². The van der Waals surface area contributed by atoms with Crippen LogP contribution in [-0.2, 0) is 4.74 Å². The SMILES string of the molecule is COC(=O)c1cc(C2CC2)c2cc(O)cc(F)c2n1. The number of aromatic hydroxyl groups is 1. The predicted octanol–water partition coefficient (Wildman–Crippen LogP) is 2.74. The maximum atomic E-state index is 13.9. The second-order valence-electron chi connectivity index (χ2n) is 4.69. The second-order valence-corrected chi connectivity index (χ2v) is 4.69. The summed E-state index contributed by atoms with van der Waals surface area (Å²) in [5.41, 5.74) is 1.05. The van der Waals surface area contributed by atoms with Crippen LogP contribution in [0.2, 0.25) is 0 Å². The van der Waals surface area contributed by atoms with Crippen LogP contribution in [0.1, 0.15) is 34.8 Å². The first kappa shape index (κ1) is 11.9. The van der Waals surface area contributed by atoms with Gasteiger partial charge in [0.05, 0.1) is 7.11 Å². The normalized spacial score (nSPS) is 14.6. The topological polar surface area (TPSA) is 59.4 Å². The van der Waals surface area contributed by atoms with E-state index in [9.17, 15) is 14.3 Å². The molecule has 0 amide bonds. The molecule has 1 aromatic heterocycles. The predicted molar refractivity (Wildman–Crippen MR) is 66.7 cm³/mol. The van der Waals surface area contributed by atoms with Gasteiger partial charge in [-0.3, -0.25) is 0 Å². The van der Waals surface area contributed by atoms with Crippen molar-refractivity contribution >= 4 is 16.9 Å². The number of ether oxygens (including phenoxy) is 1. The monoisotopic (exact) mass is 261 g/mol. The highest BCUT2D eigenvalue weighted by Gasteiger charge is 2.28. The number of rotatable bonds is 2. The van der Waals surface area contributed by atoms with Crippen molar-refractivity contribution in [1.29, 1.82) is 0 Å². The van der Waals surface area contributed by atoms with Crippen molar-refractivity contribution in [2.45, 2.75) is 18.8 Å². The summed E-state index contributed by atoms with van der Waals surface area (Å²) in [7, 11) is 1.26. The van der Waals surface area contributed by atoms with Gasteiger partial charge in [0.2, 0.25) is 0 Å². The largest absolute Gasteiger partial charge is 0.508 e. The van der Waals surface area contributed by atoms with Crippen LogP contribution in [0, 0.1) is 5.82 Å². The highest BCUT2D eigenvalue weighted by molar-refractivity contribution is 5.93. The van der Waals surface area contributed by atoms with E-state index in [1.165, 1.54) is 13.2 Å². The van der Waals surface area contributed by atoms with E-state index >= 15 is 0 Å². The fourth-order valence-electron chi connectivity index (χ4n) is 2.24. The Morgan fingerprint density at radius 2 is 2.16 bits per heavy atom. The molecule has 1 heterocycles. The first-order chi connectivity index (χ1) is 9.10. The zero-order valence-corrected chi connectivity index (χ0v) is 10.3. The molecular weight excluding hydrogens is 249 g/mol. The summed E-state index contributed by atoms with van der Waals surface area (Å²) < 4.78 is 18.5. The number of phenols is 1. The van der Waals surface area contributed by atoms with Crippen molar-refractivity contribution in [2.75, 3.05) is 7.11 Å². The van der Waals surface area contributed by atoms with Crippen LogP contribution >= 0.6 is 0 Å². The lowest BCUT2D eigenvalue weighted by atomic mass is 10.0. The van der Waals surface area contributed by atoms with E-state index in [4.69, 9.17) is 0 Å². The Kier molecular flexibility index (Phi) is 2.62. The fourth-order valence-corrected chi connectivity index (χ4v) is 2.24. The lowest BCUT2D eigenvalue weighted by Gasteiger charge is -2.09. The number of carbonyl (C=O) groups is 1. The minimum absolute atomic E-state index is 0.0986. The van der Waals surface area contributed by atoms with Crippen molar-refractivity contribution in [1.82, 2.24) is 4.98 Å². The lowest BCUT2D eigenvalue weighted by Crippen LogP contribution is -2.06. The number of aromatic nitrogens is 1. The van der Waals surface area contributed by atoms with Gasteiger partial charge in [0.25, 0.3) is 0 Å². The first-order valence-electron chi connectivity index (χ1n) is 6.01. The van der Waals surface area contributed by atoms with Gasteiger partial charge < -0.3 is 9.84 Å². The number of esters is 1. The van der Waals surface area contributed by atoms with Gasteiger partial charge in [0, 0.05) is 11.5 Å². The molecule has 19 heavy (non-hydrogen) atoms. The number of halogens is 1. The molecule has 0 bridgehead atoms. The molecule has 1 saturated carbocycles. The van der Waals surface area contributed by atoms with Crippen LogP contribution in [0.15, 0.2) is 18.2 Å². The van der Waals surface area contributed by atoms with Crippen molar-refractivity contribution in [3.63, 3.8) is 0 Å². The molecule has 0 unspecified atom stereocenters. The van der Waals surface area contributed by atoms with Crippen molar-refractivity contribution in [3.8, 4) is 5.75 Å². The first-order valence-corrected chi connectivity index (χ1v) is 6.01. The summed E-state index contributed by atoms with van der Waals surface area (Å²) in [5, 5.41) is 10.1. The van der Waals surface area contributed by atoms with E-state index in [2.05, 4.69) is 9.72 Å². The van der Waals surface area contributed by atoms with E-state index in [0.717, 1.165) is 24.5 Å². The standard InChI is InChI=1S/C14H12FNO3/c1-19-14(18)12-6-9(7-2-3-7)10-4-8(17)5-11(15)13(10)16-12/h4-7,17H,2-3H2,1H3. The molecule has 1 aliphatic carbocycles. The maximum absolute atomic E-state index is 13.9. The van der Waals surface area contributed by atoms with Gasteiger partial charge in [0.15, 0.2) is 5.82 Å². The molecular formula is C14H12FNO3. The maximum Gasteiger partial charge on any atom is 0.356 e. The third-order valence-corrected chi connectivity index (χ3v) is 3.30. The Morgan fingerprint density at radius 3 is 2.79 bits per heavy atom. The molecule has 98 valence electrons. The smallest absolute Gasteiger partial charge is 0.356 e. The number of phenolic OH excluding ortho intramolecular Hbond substituents is 1. The molecule has 5 heteroatoms. The Balaban J connectivity index is 2.31. The lowest BCUT2D eigenvalue weighted by molar-refractivity contribution is 0.0594. The minimum Gasteiger partial charge on any atom is -0.508 e. The molecule has 1 N–H and O–H groups in total. The Labute approximate surface area is 108 Å². The molecule has 0 saturated heterocycles. The number of hydrogen-bond donors (Lipinski definition) is 1. The van der Waals surface area contributed by atoms with Crippen LogP contribution in [0.5, 0.6) is 5.75 Å².